The first-order valence-electron chi connectivity index (χ1n) is 0. The monoisotopic (exact) mass is 214 g/mol. The van der Waals surface area contributed by atoms with Crippen molar-refractivity contribution < 1.29 is 63.4 Å². The molecule has 0 amide bonds. The molecule has 2 N–H and O–H groups in total. The molecule has 0 aromatic rings. The van der Waals surface area contributed by atoms with Crippen LogP contribution in [0, 0.1) is 0 Å². The fourth-order valence-electron chi connectivity index (χ4n) is 0. The maximum absolute atomic E-state index is 0. The van der Waals surface area contributed by atoms with Gasteiger partial charge in [0, 0.05) is 0 Å². The van der Waals surface area contributed by atoms with E-state index < -0.39 is 0 Å². The average molecular weight is 216 g/mol. The summed E-state index contributed by atoms with van der Waals surface area (Å²) in [7, 11) is 0. The van der Waals surface area contributed by atoms with Crippen LogP contribution in [-0.4, -0.2) is 11.0 Å². The van der Waals surface area contributed by atoms with E-state index in [0.29, 0.717) is 0 Å². The molecule has 16 valence electrons. The quantitative estimate of drug-likeness (QED) is 0.555. The van der Waals surface area contributed by atoms with Crippen LogP contribution >= 0.6 is 0 Å². The molecule has 0 fully saturated rings. The van der Waals surface area contributed by atoms with Gasteiger partial charge in [0.1, 0.15) is 0 Å². The van der Waals surface area contributed by atoms with Crippen LogP contribution < -0.4 is 0 Å². The van der Waals surface area contributed by atoms with Crippen LogP contribution in [0.5, 0.6) is 0 Å². The molecule has 0 bridgehead atoms. The van der Waals surface area contributed by atoms with Crippen LogP contribution in [0.25, 0.3) is 0 Å². The summed E-state index contributed by atoms with van der Waals surface area (Å²) in [4.78, 5) is 0. The van der Waals surface area contributed by atoms with E-state index in [0.717, 1.165) is 0 Å². The molecule has 0 spiro atoms. The summed E-state index contributed by atoms with van der Waals surface area (Å²) in [5.74, 6) is 0. The zero-order chi connectivity index (χ0) is 0. The van der Waals surface area contributed by atoms with Crippen molar-refractivity contribution in [2.24, 2.45) is 0 Å². The zero-order valence-corrected chi connectivity index (χ0v) is 6.81. The van der Waals surface area contributed by atoms with Crippen molar-refractivity contribution in [2.45, 2.75) is 0 Å². The van der Waals surface area contributed by atoms with Gasteiger partial charge in [-0.25, -0.2) is 0 Å². The SMILES string of the molecule is [OH-].[OH-].[Zr+4].[Zr+4]. The number of rotatable bonds is 0. The maximum atomic E-state index is 0. The second kappa shape index (κ2) is 22.4. The second-order valence-electron chi connectivity index (χ2n) is 0. The third kappa shape index (κ3) is 9.35. The summed E-state index contributed by atoms with van der Waals surface area (Å²) < 4.78 is 0. The van der Waals surface area contributed by atoms with Gasteiger partial charge >= 0.3 is 52.4 Å². The minimum Gasteiger partial charge on any atom is -0.870 e. The van der Waals surface area contributed by atoms with Gasteiger partial charge in [-0.05, 0) is 0 Å². The summed E-state index contributed by atoms with van der Waals surface area (Å²) in [5.41, 5.74) is 0. The molecular formula is H2O2Zr2+6. The van der Waals surface area contributed by atoms with Gasteiger partial charge in [0.15, 0.2) is 0 Å². The van der Waals surface area contributed by atoms with Crippen LogP contribution in [0.15, 0.2) is 0 Å². The van der Waals surface area contributed by atoms with Gasteiger partial charge in [-0.15, -0.1) is 0 Å². The molecule has 0 rings (SSSR count). The molecular weight excluding hydrogens is 214 g/mol. The summed E-state index contributed by atoms with van der Waals surface area (Å²) in [5, 5.41) is 0. The number of hydrogen-bond donors (Lipinski definition) is 0. The molecule has 0 unspecified atom stereocenters. The van der Waals surface area contributed by atoms with Crippen LogP contribution in [0.2, 0.25) is 0 Å². The van der Waals surface area contributed by atoms with E-state index in [2.05, 4.69) is 0 Å². The first-order chi connectivity index (χ1) is 0. The van der Waals surface area contributed by atoms with Crippen LogP contribution in [-0.2, 0) is 52.4 Å². The zero-order valence-electron chi connectivity index (χ0n) is 1.89. The molecule has 0 aliphatic carbocycles. The Balaban J connectivity index is 0. The Bertz CT molecular complexity index is 4.00. The molecule has 2 nitrogen and oxygen atoms in total. The Kier molecular flexibility index (Phi) is 246. The third-order valence-corrected chi connectivity index (χ3v) is 0. The first-order valence-corrected chi connectivity index (χ1v) is 0. The van der Waals surface area contributed by atoms with E-state index in [9.17, 15) is 0 Å². The Morgan fingerprint density at radius 3 is 0.500 bits per heavy atom. The van der Waals surface area contributed by atoms with Crippen molar-refractivity contribution in [3.05, 3.63) is 0 Å². The van der Waals surface area contributed by atoms with E-state index in [4.69, 9.17) is 0 Å². The summed E-state index contributed by atoms with van der Waals surface area (Å²) in [6.07, 6.45) is 0. The molecule has 4 heavy (non-hydrogen) atoms. The van der Waals surface area contributed by atoms with Crippen LogP contribution in [0.1, 0.15) is 0 Å². The average Bonchev–Trinajstić information content (AvgIpc) is 0. The molecule has 0 aliphatic heterocycles. The van der Waals surface area contributed by atoms with Crippen molar-refractivity contribution in [2.75, 3.05) is 0 Å². The van der Waals surface area contributed by atoms with Gasteiger partial charge in [0.05, 0.1) is 0 Å². The van der Waals surface area contributed by atoms with Gasteiger partial charge in [0.2, 0.25) is 0 Å². The number of hydrogen-bond acceptors (Lipinski definition) is 2. The van der Waals surface area contributed by atoms with Gasteiger partial charge in [0.25, 0.3) is 0 Å². The first kappa shape index (κ1) is 43.9. The van der Waals surface area contributed by atoms with E-state index in [1.165, 1.54) is 0 Å². The molecule has 0 aromatic heterocycles. The predicted octanol–water partition coefficient (Wildman–Crippen LogP) is -0.359. The van der Waals surface area contributed by atoms with Gasteiger partial charge in [-0.1, -0.05) is 0 Å². The van der Waals surface area contributed by atoms with Gasteiger partial charge in [-0.2, -0.15) is 0 Å². The van der Waals surface area contributed by atoms with Crippen molar-refractivity contribution >= 4 is 0 Å². The van der Waals surface area contributed by atoms with Crippen molar-refractivity contribution in [3.8, 4) is 0 Å². The maximum Gasteiger partial charge on any atom is 4.00 e. The van der Waals surface area contributed by atoms with E-state index in [1.54, 1.807) is 0 Å². The van der Waals surface area contributed by atoms with Crippen molar-refractivity contribution in [1.29, 1.82) is 0 Å². The fourth-order valence-corrected chi connectivity index (χ4v) is 0. The Labute approximate surface area is 62.8 Å². The summed E-state index contributed by atoms with van der Waals surface area (Å²) in [6.45, 7) is 0. The van der Waals surface area contributed by atoms with Gasteiger partial charge < -0.3 is 11.0 Å². The standard InChI is InChI=1S/2H2O.2Zr/h2*1H2;;/q;;2*+4/p-2. The minimum absolute atomic E-state index is 0. The van der Waals surface area contributed by atoms with Crippen LogP contribution in [0.4, 0.5) is 0 Å². The van der Waals surface area contributed by atoms with Crippen molar-refractivity contribution in [1.82, 2.24) is 0 Å². The molecule has 0 radical (unpaired) electrons. The molecule has 0 aliphatic rings. The van der Waals surface area contributed by atoms with Crippen molar-refractivity contribution in [3.63, 3.8) is 0 Å². The normalized spacial score (nSPS) is 0. The fraction of sp³-hybridized carbons (Fsp3) is 0. The molecule has 0 atom stereocenters. The van der Waals surface area contributed by atoms with E-state index in [1.807, 2.05) is 0 Å². The molecule has 0 saturated heterocycles. The second-order valence-corrected chi connectivity index (χ2v) is 0. The third-order valence-electron chi connectivity index (χ3n) is 0. The topological polar surface area (TPSA) is 60.0 Å². The molecule has 0 saturated carbocycles. The molecule has 4 heteroatoms. The predicted molar refractivity (Wildman–Crippen MR) is 3.87 cm³/mol. The minimum atomic E-state index is 0. The summed E-state index contributed by atoms with van der Waals surface area (Å²) >= 11 is 0. The Morgan fingerprint density at radius 2 is 0.500 bits per heavy atom. The van der Waals surface area contributed by atoms with E-state index in [-0.39, 0.29) is 63.4 Å². The van der Waals surface area contributed by atoms with Crippen LogP contribution in [0.3, 0.4) is 0 Å². The molecule has 0 aromatic carbocycles. The smallest absolute Gasteiger partial charge is 0.870 e. The Morgan fingerprint density at radius 1 is 0.500 bits per heavy atom. The largest absolute Gasteiger partial charge is 4.00 e. The summed E-state index contributed by atoms with van der Waals surface area (Å²) in [6, 6.07) is 0. The molecule has 0 heterocycles. The van der Waals surface area contributed by atoms with Gasteiger partial charge in [-0.3, -0.25) is 0 Å². The van der Waals surface area contributed by atoms with E-state index >= 15 is 0 Å². The Hall–Kier alpha value is 1.69.